The molecule has 1 atom stereocenters. The first-order valence-electron chi connectivity index (χ1n) is 12.4. The van der Waals surface area contributed by atoms with E-state index in [0.29, 0.717) is 43.1 Å². The fourth-order valence-corrected chi connectivity index (χ4v) is 4.23. The Hall–Kier alpha value is -3.59. The third kappa shape index (κ3) is 6.97. The zero-order valence-electron chi connectivity index (χ0n) is 21.3. The van der Waals surface area contributed by atoms with E-state index in [4.69, 9.17) is 20.3 Å². The van der Waals surface area contributed by atoms with E-state index in [2.05, 4.69) is 24.2 Å². The molecule has 9 nitrogen and oxygen atoms in total. The molecule has 0 saturated heterocycles. The summed E-state index contributed by atoms with van der Waals surface area (Å²) in [6, 6.07) is 7.04. The van der Waals surface area contributed by atoms with Crippen molar-refractivity contribution in [1.82, 2.24) is 4.90 Å². The molecule has 1 aliphatic carbocycles. The number of aliphatic imine (C=N–C) groups is 1. The Bertz CT molecular complexity index is 1080. The Morgan fingerprint density at radius 3 is 2.47 bits per heavy atom. The van der Waals surface area contributed by atoms with Gasteiger partial charge in [0.25, 0.3) is 0 Å². The predicted octanol–water partition coefficient (Wildman–Crippen LogP) is 4.62. The van der Waals surface area contributed by atoms with Crippen molar-refractivity contribution in [3.8, 4) is 0 Å². The van der Waals surface area contributed by atoms with Crippen molar-refractivity contribution in [3.63, 3.8) is 0 Å². The topological polar surface area (TPSA) is 119 Å². The first-order valence-corrected chi connectivity index (χ1v) is 12.4. The number of carbonyl (C=O) groups excluding carboxylic acids is 2. The number of hydrogen-bond acceptors (Lipinski definition) is 7. The SMILES string of the molecule is CCCN(CCC)C(=O)C1=CC2=CC=C(c3ccc(C(=O)OCOCC)cc3)CC2N=C(N=NN)C1. The van der Waals surface area contributed by atoms with Crippen LogP contribution in [0, 0.1) is 0 Å². The molecule has 0 bridgehead atoms. The van der Waals surface area contributed by atoms with Crippen LogP contribution in [0.1, 0.15) is 62.4 Å². The molecular weight excluding hydrogens is 458 g/mol. The van der Waals surface area contributed by atoms with Crippen LogP contribution in [0.15, 0.2) is 69.0 Å². The lowest BCUT2D eigenvalue weighted by Crippen LogP contribution is -2.34. The molecule has 192 valence electrons. The molecule has 1 aliphatic heterocycles. The number of allylic oxidation sites excluding steroid dienone is 2. The predicted molar refractivity (Wildman–Crippen MR) is 139 cm³/mol. The third-order valence-corrected chi connectivity index (χ3v) is 5.96. The average Bonchev–Trinajstić information content (AvgIpc) is 3.07. The van der Waals surface area contributed by atoms with E-state index in [1.54, 1.807) is 12.1 Å². The highest BCUT2D eigenvalue weighted by Crippen LogP contribution is 2.33. The highest BCUT2D eigenvalue weighted by Gasteiger charge is 2.27. The minimum Gasteiger partial charge on any atom is -0.435 e. The minimum absolute atomic E-state index is 0.00163. The molecule has 0 aromatic heterocycles. The van der Waals surface area contributed by atoms with Crippen molar-refractivity contribution in [3.05, 3.63) is 64.8 Å². The van der Waals surface area contributed by atoms with Crippen LogP contribution in [0.4, 0.5) is 0 Å². The van der Waals surface area contributed by atoms with Gasteiger partial charge in [0, 0.05) is 31.7 Å². The van der Waals surface area contributed by atoms with Gasteiger partial charge in [0.05, 0.1) is 11.6 Å². The van der Waals surface area contributed by atoms with Gasteiger partial charge in [-0.3, -0.25) is 9.79 Å². The summed E-state index contributed by atoms with van der Waals surface area (Å²) in [5, 5.41) is 7.45. The molecular formula is C27H35N5O4. The zero-order valence-corrected chi connectivity index (χ0v) is 21.3. The molecule has 9 heteroatoms. The maximum atomic E-state index is 13.3. The van der Waals surface area contributed by atoms with Crippen molar-refractivity contribution in [1.29, 1.82) is 0 Å². The Kier molecular flexibility index (Phi) is 10.1. The van der Waals surface area contributed by atoms with E-state index in [1.807, 2.05) is 42.2 Å². The molecule has 2 N–H and O–H groups in total. The Morgan fingerprint density at radius 2 is 1.83 bits per heavy atom. The smallest absolute Gasteiger partial charge is 0.340 e. The lowest BCUT2D eigenvalue weighted by atomic mass is 9.88. The molecule has 0 spiro atoms. The zero-order chi connectivity index (χ0) is 25.9. The molecule has 1 heterocycles. The summed E-state index contributed by atoms with van der Waals surface area (Å²) in [7, 11) is 0. The third-order valence-electron chi connectivity index (χ3n) is 5.96. The number of fused-ring (bicyclic) bond motifs is 1. The standard InChI is InChI=1S/C27H35N5O4/c1-4-13-32(14-5-2)26(33)23-15-22-12-11-21(16-24(22)29-25(17-23)30-31-28)19-7-9-20(10-8-19)27(34)36-18-35-6-3/h7-12,15,24H,4-6,13-14,16-18H2,1-3H3,(H2,28,29,30). The fraction of sp³-hybridized carbons (Fsp3) is 0.444. The van der Waals surface area contributed by atoms with Gasteiger partial charge in [-0.15, -0.1) is 5.11 Å². The van der Waals surface area contributed by atoms with E-state index >= 15 is 0 Å². The maximum absolute atomic E-state index is 13.3. The van der Waals surface area contributed by atoms with Crippen LogP contribution < -0.4 is 5.84 Å². The van der Waals surface area contributed by atoms with E-state index in [1.165, 1.54) is 0 Å². The number of carbonyl (C=O) groups is 2. The number of benzene rings is 1. The molecule has 0 radical (unpaired) electrons. The molecule has 0 saturated carbocycles. The van der Waals surface area contributed by atoms with Crippen LogP contribution in [-0.2, 0) is 14.3 Å². The monoisotopic (exact) mass is 493 g/mol. The van der Waals surface area contributed by atoms with Crippen LogP contribution in [-0.4, -0.2) is 55.1 Å². The van der Waals surface area contributed by atoms with Crippen molar-refractivity contribution < 1.29 is 19.1 Å². The molecule has 1 unspecified atom stereocenters. The number of amidine groups is 1. The van der Waals surface area contributed by atoms with Gasteiger partial charge in [-0.05, 0) is 61.1 Å². The fourth-order valence-electron chi connectivity index (χ4n) is 4.23. The molecule has 3 rings (SSSR count). The second-order valence-corrected chi connectivity index (χ2v) is 8.60. The Labute approximate surface area is 212 Å². The van der Waals surface area contributed by atoms with Gasteiger partial charge in [0.15, 0.2) is 12.6 Å². The van der Waals surface area contributed by atoms with Gasteiger partial charge in [0.2, 0.25) is 5.91 Å². The van der Waals surface area contributed by atoms with E-state index in [9.17, 15) is 9.59 Å². The lowest BCUT2D eigenvalue weighted by Gasteiger charge is -2.23. The molecule has 36 heavy (non-hydrogen) atoms. The van der Waals surface area contributed by atoms with Gasteiger partial charge in [-0.25, -0.2) is 4.79 Å². The minimum atomic E-state index is -0.428. The highest BCUT2D eigenvalue weighted by molar-refractivity contribution is 6.01. The summed E-state index contributed by atoms with van der Waals surface area (Å²) in [5.74, 6) is 5.35. The molecule has 0 fully saturated rings. The number of hydrogen-bond donors (Lipinski definition) is 1. The van der Waals surface area contributed by atoms with Gasteiger partial charge in [0.1, 0.15) is 0 Å². The quantitative estimate of drug-likeness (QED) is 0.127. The van der Waals surface area contributed by atoms with Crippen molar-refractivity contribution in [2.24, 2.45) is 21.2 Å². The molecule has 1 aromatic carbocycles. The molecule has 1 amide bonds. The summed E-state index contributed by atoms with van der Waals surface area (Å²) in [6.07, 6.45) is 8.66. The Balaban J connectivity index is 1.85. The lowest BCUT2D eigenvalue weighted by molar-refractivity contribution is -0.127. The normalized spacial score (nSPS) is 17.4. The summed E-state index contributed by atoms with van der Waals surface area (Å²) >= 11 is 0. The maximum Gasteiger partial charge on any atom is 0.340 e. The van der Waals surface area contributed by atoms with Crippen LogP contribution in [0.2, 0.25) is 0 Å². The van der Waals surface area contributed by atoms with Crippen molar-refractivity contribution >= 4 is 23.3 Å². The average molecular weight is 494 g/mol. The summed E-state index contributed by atoms with van der Waals surface area (Å²) in [5.41, 5.74) is 4.09. The van der Waals surface area contributed by atoms with Gasteiger partial charge < -0.3 is 20.2 Å². The van der Waals surface area contributed by atoms with Gasteiger partial charge in [-0.2, -0.15) is 0 Å². The van der Waals surface area contributed by atoms with Crippen LogP contribution >= 0.6 is 0 Å². The number of nitrogens with zero attached hydrogens (tertiary/aromatic N) is 4. The largest absolute Gasteiger partial charge is 0.435 e. The van der Waals surface area contributed by atoms with Crippen LogP contribution in [0.3, 0.4) is 0 Å². The first-order chi connectivity index (χ1) is 17.5. The number of ether oxygens (including phenoxy) is 2. The van der Waals surface area contributed by atoms with Gasteiger partial charge in [-0.1, -0.05) is 43.4 Å². The molecule has 1 aromatic rings. The number of rotatable bonds is 10. The van der Waals surface area contributed by atoms with E-state index in [0.717, 1.165) is 29.6 Å². The summed E-state index contributed by atoms with van der Waals surface area (Å²) in [6.45, 7) is 7.79. The van der Waals surface area contributed by atoms with Crippen LogP contribution in [0.5, 0.6) is 0 Å². The first kappa shape index (κ1) is 27.0. The van der Waals surface area contributed by atoms with Gasteiger partial charge >= 0.3 is 5.97 Å². The molecule has 2 aliphatic rings. The number of esters is 1. The van der Waals surface area contributed by atoms with E-state index in [-0.39, 0.29) is 25.2 Å². The Morgan fingerprint density at radius 1 is 1.11 bits per heavy atom. The second-order valence-electron chi connectivity index (χ2n) is 8.60. The number of nitrogens with two attached hydrogens (primary N) is 1. The van der Waals surface area contributed by atoms with Crippen molar-refractivity contribution in [2.75, 3.05) is 26.5 Å². The van der Waals surface area contributed by atoms with Crippen LogP contribution in [0.25, 0.3) is 5.57 Å². The summed E-state index contributed by atoms with van der Waals surface area (Å²) in [4.78, 5) is 32.1. The van der Waals surface area contributed by atoms with E-state index < -0.39 is 5.97 Å². The highest BCUT2D eigenvalue weighted by atomic mass is 16.7. The van der Waals surface area contributed by atoms with Crippen molar-refractivity contribution in [2.45, 2.75) is 52.5 Å². The second kappa shape index (κ2) is 13.5. The summed E-state index contributed by atoms with van der Waals surface area (Å²) < 4.78 is 10.1. The number of amides is 1.